The first-order chi connectivity index (χ1) is 9.43. The molecule has 0 N–H and O–H groups in total. The van der Waals surface area contributed by atoms with E-state index < -0.39 is 31.6 Å². The monoisotopic (exact) mass is 352 g/mol. The van der Waals surface area contributed by atoms with Gasteiger partial charge in [0.15, 0.2) is 11.7 Å². The summed E-state index contributed by atoms with van der Waals surface area (Å²) in [6.45, 7) is 7.03. The number of hydrogen-bond acceptors (Lipinski definition) is 7. The molecule has 3 heterocycles. The molecule has 3 rings (SSSR count). The van der Waals surface area contributed by atoms with Crippen molar-refractivity contribution >= 4 is 15.7 Å². The molecule has 0 aliphatic carbocycles. The number of hydrogen-bond donors (Lipinski definition) is 0. The van der Waals surface area contributed by atoms with E-state index in [-0.39, 0.29) is 31.1 Å². The Hall–Kier alpha value is 0.0594. The molecule has 3 fully saturated rings. The average Bonchev–Trinajstić information content (AvgIpc) is 2.81. The molecule has 3 aliphatic heterocycles. The maximum atomic E-state index is 12.0. The minimum Gasteiger partial charge on any atom is -0.464 e. The summed E-state index contributed by atoms with van der Waals surface area (Å²) in [7, 11) is 2.33. The van der Waals surface area contributed by atoms with Gasteiger partial charge in [-0.2, -0.15) is 6.61 Å². The van der Waals surface area contributed by atoms with E-state index in [0.29, 0.717) is 13.0 Å². The maximum Gasteiger partial charge on any atom is 0.444 e. The van der Waals surface area contributed by atoms with Gasteiger partial charge in [-0.05, 0) is 13.5 Å². The average molecular weight is 352 g/mol. The number of rotatable bonds is 3. The van der Waals surface area contributed by atoms with Gasteiger partial charge in [-0.25, -0.2) is 4.57 Å². The van der Waals surface area contributed by atoms with Gasteiger partial charge in [0.05, 0.1) is 12.6 Å². The summed E-state index contributed by atoms with van der Waals surface area (Å²) in [5.74, 6) is 0.186. The van der Waals surface area contributed by atoms with Crippen LogP contribution < -0.4 is 0 Å². The van der Waals surface area contributed by atoms with Gasteiger partial charge >= 0.3 is 7.82 Å². The van der Waals surface area contributed by atoms with Crippen LogP contribution in [0.2, 0.25) is 0 Å². The Labute approximate surface area is 136 Å². The SMILES string of the molecule is [B][C@@H]1O[C@H](COP2(=O)O[CH-]CCO2)[C@H]2OC(=C)O[C@@]12C.[V]. The van der Waals surface area contributed by atoms with E-state index in [0.717, 1.165) is 0 Å². The standard InChI is InChI=1S/C11H15BO7P.V/c1-7-17-9-8(18-10(12)11(9,2)19-7)6-16-20(13)14-4-3-5-15-20;/h4,8-10H,1,3,5-6H2,2H3;/q-1;/t8-,9-,10-,11-,20?;/m1./s1. The van der Waals surface area contributed by atoms with Gasteiger partial charge in [-0.3, -0.25) is 9.05 Å². The van der Waals surface area contributed by atoms with E-state index in [2.05, 4.69) is 6.58 Å². The first-order valence-electron chi connectivity index (χ1n) is 6.28. The zero-order valence-corrected chi connectivity index (χ0v) is 13.8. The van der Waals surface area contributed by atoms with Crippen LogP contribution in [0.5, 0.6) is 0 Å². The van der Waals surface area contributed by atoms with E-state index in [1.165, 1.54) is 6.61 Å². The summed E-state index contributed by atoms with van der Waals surface area (Å²) in [5.41, 5.74) is -0.833. The number of ether oxygens (including phenoxy) is 3. The molecule has 0 amide bonds. The fourth-order valence-corrected chi connectivity index (χ4v) is 3.53. The summed E-state index contributed by atoms with van der Waals surface area (Å²) in [5, 5.41) is 0. The molecule has 115 valence electrons. The van der Waals surface area contributed by atoms with Crippen molar-refractivity contribution in [2.24, 2.45) is 0 Å². The minimum atomic E-state index is -3.55. The quantitative estimate of drug-likeness (QED) is 0.430. The first-order valence-corrected chi connectivity index (χ1v) is 7.74. The maximum absolute atomic E-state index is 12.0. The van der Waals surface area contributed by atoms with Crippen LogP contribution in [0.3, 0.4) is 0 Å². The number of phosphoric ester groups is 1. The van der Waals surface area contributed by atoms with Gasteiger partial charge < -0.3 is 18.7 Å². The molecule has 0 saturated carbocycles. The van der Waals surface area contributed by atoms with E-state index in [9.17, 15) is 4.57 Å². The van der Waals surface area contributed by atoms with E-state index in [1.54, 1.807) is 6.92 Å². The molecule has 3 radical (unpaired) electrons. The van der Waals surface area contributed by atoms with Crippen LogP contribution in [-0.4, -0.2) is 44.9 Å². The second-order valence-corrected chi connectivity index (χ2v) is 6.55. The molecule has 3 aliphatic rings. The normalized spacial score (nSPS) is 45.4. The van der Waals surface area contributed by atoms with E-state index in [4.69, 9.17) is 35.6 Å². The second kappa shape index (κ2) is 6.28. The molecule has 7 nitrogen and oxygen atoms in total. The Balaban J connectivity index is 0.00000161. The Morgan fingerprint density at radius 1 is 1.62 bits per heavy atom. The Morgan fingerprint density at radius 2 is 2.38 bits per heavy atom. The van der Waals surface area contributed by atoms with Crippen molar-refractivity contribution in [1.29, 1.82) is 0 Å². The molecular formula is C11H15BO7PV-. The van der Waals surface area contributed by atoms with Gasteiger partial charge in [0.1, 0.15) is 14.0 Å². The number of phosphoric acid groups is 1. The van der Waals surface area contributed by atoms with Gasteiger partial charge in [0.2, 0.25) is 0 Å². The Kier molecular flexibility index (Phi) is 5.21. The molecule has 0 bridgehead atoms. The van der Waals surface area contributed by atoms with Crippen LogP contribution in [0.1, 0.15) is 13.3 Å². The van der Waals surface area contributed by atoms with Crippen molar-refractivity contribution in [3.8, 4) is 0 Å². The van der Waals surface area contributed by atoms with Gasteiger partial charge in [-0.1, -0.05) is 0 Å². The topological polar surface area (TPSA) is 72.5 Å². The van der Waals surface area contributed by atoms with Gasteiger partial charge in [0.25, 0.3) is 5.95 Å². The molecule has 21 heavy (non-hydrogen) atoms. The summed E-state index contributed by atoms with van der Waals surface area (Å²) in [6, 6.07) is -0.693. The fraction of sp³-hybridized carbons (Fsp3) is 0.727. The zero-order chi connectivity index (χ0) is 14.4. The zero-order valence-electron chi connectivity index (χ0n) is 11.5. The summed E-state index contributed by atoms with van der Waals surface area (Å²) < 4.78 is 43.7. The molecule has 3 saturated heterocycles. The Morgan fingerprint density at radius 3 is 3.05 bits per heavy atom. The molecular weight excluding hydrogens is 337 g/mol. The molecule has 10 heteroatoms. The van der Waals surface area contributed by atoms with Crippen molar-refractivity contribution < 1.29 is 50.9 Å². The third-order valence-corrected chi connectivity index (χ3v) is 4.84. The third-order valence-electron chi connectivity index (χ3n) is 3.47. The molecule has 0 aromatic rings. The van der Waals surface area contributed by atoms with Crippen molar-refractivity contribution in [2.75, 3.05) is 13.2 Å². The largest absolute Gasteiger partial charge is 0.464 e. The van der Waals surface area contributed by atoms with Crippen molar-refractivity contribution in [3.63, 3.8) is 0 Å². The molecule has 1 unspecified atom stereocenters. The van der Waals surface area contributed by atoms with Crippen molar-refractivity contribution in [2.45, 2.75) is 37.2 Å². The molecule has 0 spiro atoms. The summed E-state index contributed by atoms with van der Waals surface area (Å²) >= 11 is 0. The fourth-order valence-electron chi connectivity index (χ4n) is 2.39. The summed E-state index contributed by atoms with van der Waals surface area (Å²) in [4.78, 5) is 0. The van der Waals surface area contributed by atoms with Crippen LogP contribution in [0, 0.1) is 6.61 Å². The first kappa shape index (κ1) is 17.4. The van der Waals surface area contributed by atoms with Crippen LogP contribution >= 0.6 is 7.82 Å². The van der Waals surface area contributed by atoms with Gasteiger partial charge in [-0.15, -0.1) is 6.42 Å². The minimum absolute atomic E-state index is 0. The predicted molar refractivity (Wildman–Crippen MR) is 67.4 cm³/mol. The molecule has 0 aromatic heterocycles. The smallest absolute Gasteiger partial charge is 0.444 e. The third kappa shape index (κ3) is 3.22. The van der Waals surface area contributed by atoms with Crippen molar-refractivity contribution in [3.05, 3.63) is 19.1 Å². The summed E-state index contributed by atoms with van der Waals surface area (Å²) in [6.07, 6.45) is -0.463. The van der Waals surface area contributed by atoms with Crippen LogP contribution in [0.25, 0.3) is 0 Å². The van der Waals surface area contributed by atoms with Crippen LogP contribution in [0.4, 0.5) is 0 Å². The molecule has 0 aromatic carbocycles. The van der Waals surface area contributed by atoms with Crippen LogP contribution in [0.15, 0.2) is 12.5 Å². The van der Waals surface area contributed by atoms with E-state index in [1.807, 2.05) is 0 Å². The number of fused-ring (bicyclic) bond motifs is 1. The Bertz CT molecular complexity index is 454. The molecule has 5 atom stereocenters. The van der Waals surface area contributed by atoms with Gasteiger partial charge in [0, 0.05) is 25.2 Å². The van der Waals surface area contributed by atoms with E-state index >= 15 is 0 Å². The van der Waals surface area contributed by atoms with Crippen molar-refractivity contribution in [1.82, 2.24) is 0 Å². The predicted octanol–water partition coefficient (Wildman–Crippen LogP) is 1.25. The second-order valence-electron chi connectivity index (χ2n) is 4.93. The van der Waals surface area contributed by atoms with Crippen LogP contribution in [-0.2, 0) is 50.9 Å².